The fourth-order valence-electron chi connectivity index (χ4n) is 3.89. The monoisotopic (exact) mass is 456 g/mol. The first-order valence-corrected chi connectivity index (χ1v) is 10.7. The zero-order valence-corrected chi connectivity index (χ0v) is 19.1. The quantitative estimate of drug-likeness (QED) is 0.330. The van der Waals surface area contributed by atoms with Gasteiger partial charge in [-0.1, -0.05) is 36.4 Å². The lowest BCUT2D eigenvalue weighted by Gasteiger charge is -2.14. The van der Waals surface area contributed by atoms with Crippen LogP contribution in [-0.4, -0.2) is 35.9 Å². The van der Waals surface area contributed by atoms with Gasteiger partial charge in [0.05, 0.1) is 27.7 Å². The molecule has 5 aromatic rings. The Morgan fingerprint density at radius 2 is 1.71 bits per heavy atom. The number of nitrogens with zero attached hydrogens (tertiary/aromatic N) is 3. The average Bonchev–Trinajstić information content (AvgIpc) is 3.53. The summed E-state index contributed by atoms with van der Waals surface area (Å²) in [5.74, 6) is 1.60. The van der Waals surface area contributed by atoms with Crippen molar-refractivity contribution in [2.45, 2.75) is 6.54 Å². The molecule has 0 atom stereocenters. The van der Waals surface area contributed by atoms with E-state index in [0.29, 0.717) is 34.5 Å². The lowest BCUT2D eigenvalue weighted by atomic mass is 10.0. The second-order valence-corrected chi connectivity index (χ2v) is 7.64. The van der Waals surface area contributed by atoms with Crippen LogP contribution in [0.2, 0.25) is 0 Å². The van der Waals surface area contributed by atoms with Gasteiger partial charge in [-0.05, 0) is 17.2 Å². The molecule has 3 aromatic carbocycles. The van der Waals surface area contributed by atoms with E-state index in [-0.39, 0.29) is 0 Å². The fraction of sp³-hybridized carbons (Fsp3) is 0.154. The number of imidazole rings is 1. The highest BCUT2D eigenvalue weighted by atomic mass is 16.5. The first-order valence-electron chi connectivity index (χ1n) is 10.7. The molecule has 0 radical (unpaired) electrons. The maximum atomic E-state index is 6.13. The van der Waals surface area contributed by atoms with Crippen LogP contribution in [0.25, 0.3) is 22.2 Å². The van der Waals surface area contributed by atoms with Crippen LogP contribution in [0.3, 0.4) is 0 Å². The number of nitrogens with one attached hydrogen (secondary N) is 1. The van der Waals surface area contributed by atoms with Gasteiger partial charge in [0.25, 0.3) is 6.01 Å². The van der Waals surface area contributed by atoms with E-state index in [9.17, 15) is 0 Å². The third-order valence-electron chi connectivity index (χ3n) is 5.52. The van der Waals surface area contributed by atoms with Gasteiger partial charge in [-0.25, -0.2) is 4.98 Å². The molecule has 0 fully saturated rings. The second-order valence-electron chi connectivity index (χ2n) is 7.64. The van der Waals surface area contributed by atoms with Crippen molar-refractivity contribution in [2.75, 3.05) is 26.6 Å². The van der Waals surface area contributed by atoms with Crippen molar-refractivity contribution in [2.24, 2.45) is 0 Å². The zero-order chi connectivity index (χ0) is 23.5. The number of oxazole rings is 1. The minimum absolute atomic E-state index is 0.369. The molecule has 0 saturated carbocycles. The van der Waals surface area contributed by atoms with Crippen LogP contribution < -0.4 is 19.5 Å². The molecule has 2 aromatic heterocycles. The number of anilines is 2. The predicted octanol–water partition coefficient (Wildman–Crippen LogP) is 5.51. The number of hydrogen-bond donors (Lipinski definition) is 1. The number of benzene rings is 3. The number of para-hydroxylation sites is 1. The van der Waals surface area contributed by atoms with Gasteiger partial charge < -0.3 is 28.5 Å². The zero-order valence-electron chi connectivity index (χ0n) is 19.1. The number of ether oxygens (including phenoxy) is 3. The van der Waals surface area contributed by atoms with Gasteiger partial charge in [0.1, 0.15) is 5.52 Å². The van der Waals surface area contributed by atoms with Crippen LogP contribution in [0.4, 0.5) is 11.7 Å². The van der Waals surface area contributed by atoms with E-state index >= 15 is 0 Å². The fourth-order valence-corrected chi connectivity index (χ4v) is 3.89. The van der Waals surface area contributed by atoms with E-state index in [0.717, 1.165) is 23.2 Å². The third kappa shape index (κ3) is 4.13. The maximum absolute atomic E-state index is 6.13. The van der Waals surface area contributed by atoms with Crippen molar-refractivity contribution >= 4 is 22.8 Å². The van der Waals surface area contributed by atoms with Crippen molar-refractivity contribution in [3.8, 4) is 28.4 Å². The molecular formula is C26H24N4O4. The van der Waals surface area contributed by atoms with Crippen LogP contribution in [0.15, 0.2) is 77.7 Å². The summed E-state index contributed by atoms with van der Waals surface area (Å²) >= 11 is 0. The largest absolute Gasteiger partial charge is 0.493 e. The molecule has 0 unspecified atom stereocenters. The normalized spacial score (nSPS) is 10.9. The van der Waals surface area contributed by atoms with Gasteiger partial charge in [0, 0.05) is 42.3 Å². The molecule has 0 aliphatic heterocycles. The molecule has 34 heavy (non-hydrogen) atoms. The van der Waals surface area contributed by atoms with Crippen molar-refractivity contribution in [3.05, 3.63) is 78.9 Å². The molecule has 0 spiro atoms. The number of hydrogen-bond acceptors (Lipinski definition) is 7. The first kappa shape index (κ1) is 21.4. The Labute approximate surface area is 196 Å². The standard InChI is InChI=1S/C26H24N4O4/c1-31-22-13-19(14-23(32-2)25(22)33-3)28-26-29-21-6-4-5-20(24(21)34-26)18-9-7-17(8-10-18)15-30-12-11-27-16-30/h4-14,16H,15H2,1-3H3,(H,28,29). The summed E-state index contributed by atoms with van der Waals surface area (Å²) in [5.41, 5.74) is 5.38. The van der Waals surface area contributed by atoms with E-state index in [2.05, 4.69) is 39.6 Å². The lowest BCUT2D eigenvalue weighted by Crippen LogP contribution is -1.97. The number of fused-ring (bicyclic) bond motifs is 1. The van der Waals surface area contributed by atoms with Gasteiger partial charge in [-0.15, -0.1) is 0 Å². The summed E-state index contributed by atoms with van der Waals surface area (Å²) in [6.45, 7) is 0.773. The molecule has 0 aliphatic rings. The summed E-state index contributed by atoms with van der Waals surface area (Å²) in [6.07, 6.45) is 5.54. The molecule has 0 bridgehead atoms. The Bertz CT molecular complexity index is 1380. The Morgan fingerprint density at radius 3 is 2.35 bits per heavy atom. The molecular weight excluding hydrogens is 432 g/mol. The third-order valence-corrected chi connectivity index (χ3v) is 5.52. The molecule has 0 saturated heterocycles. The van der Waals surface area contributed by atoms with Crippen LogP contribution >= 0.6 is 0 Å². The summed E-state index contributed by atoms with van der Waals surface area (Å²) in [4.78, 5) is 8.71. The van der Waals surface area contributed by atoms with Crippen molar-refractivity contribution in [1.82, 2.24) is 14.5 Å². The molecule has 0 amide bonds. The van der Waals surface area contributed by atoms with Gasteiger partial charge in [0.2, 0.25) is 5.75 Å². The van der Waals surface area contributed by atoms with Gasteiger partial charge in [-0.3, -0.25) is 0 Å². The highest BCUT2D eigenvalue weighted by Crippen LogP contribution is 2.41. The molecule has 8 heteroatoms. The number of aromatic nitrogens is 3. The van der Waals surface area contributed by atoms with Crippen molar-refractivity contribution in [3.63, 3.8) is 0 Å². The van der Waals surface area contributed by atoms with E-state index in [1.165, 1.54) is 5.56 Å². The Balaban J connectivity index is 1.44. The SMILES string of the molecule is COc1cc(Nc2nc3cccc(-c4ccc(Cn5ccnc5)cc4)c3o2)cc(OC)c1OC. The van der Waals surface area contributed by atoms with Crippen LogP contribution in [-0.2, 0) is 6.54 Å². The topological polar surface area (TPSA) is 83.6 Å². The number of methoxy groups -OCH3 is 3. The second kappa shape index (κ2) is 9.19. The molecule has 1 N–H and O–H groups in total. The Kier molecular flexibility index (Phi) is 5.78. The average molecular weight is 457 g/mol. The maximum Gasteiger partial charge on any atom is 0.300 e. The molecule has 172 valence electrons. The van der Waals surface area contributed by atoms with E-state index in [1.807, 2.05) is 35.3 Å². The molecule has 8 nitrogen and oxygen atoms in total. The van der Waals surface area contributed by atoms with Crippen molar-refractivity contribution in [1.29, 1.82) is 0 Å². The summed E-state index contributed by atoms with van der Waals surface area (Å²) in [7, 11) is 4.72. The summed E-state index contributed by atoms with van der Waals surface area (Å²) in [6, 6.07) is 18.3. The predicted molar refractivity (Wildman–Crippen MR) is 130 cm³/mol. The van der Waals surface area contributed by atoms with Gasteiger partial charge in [-0.2, -0.15) is 4.98 Å². The van der Waals surface area contributed by atoms with E-state index in [4.69, 9.17) is 18.6 Å². The highest BCUT2D eigenvalue weighted by molar-refractivity contribution is 5.91. The minimum Gasteiger partial charge on any atom is -0.493 e. The minimum atomic E-state index is 0.369. The smallest absolute Gasteiger partial charge is 0.300 e. The van der Waals surface area contributed by atoms with Gasteiger partial charge in [0.15, 0.2) is 17.1 Å². The summed E-state index contributed by atoms with van der Waals surface area (Å²) < 4.78 is 24.4. The van der Waals surface area contributed by atoms with Crippen LogP contribution in [0.5, 0.6) is 17.2 Å². The lowest BCUT2D eigenvalue weighted by molar-refractivity contribution is 0.324. The Morgan fingerprint density at radius 1 is 0.941 bits per heavy atom. The molecule has 2 heterocycles. The first-order chi connectivity index (χ1) is 16.7. The van der Waals surface area contributed by atoms with E-state index < -0.39 is 0 Å². The Hall–Kier alpha value is -4.46. The van der Waals surface area contributed by atoms with Crippen LogP contribution in [0, 0.1) is 0 Å². The van der Waals surface area contributed by atoms with Crippen molar-refractivity contribution < 1.29 is 18.6 Å². The highest BCUT2D eigenvalue weighted by Gasteiger charge is 2.16. The van der Waals surface area contributed by atoms with Crippen LogP contribution in [0.1, 0.15) is 5.56 Å². The molecule has 5 rings (SSSR count). The molecule has 0 aliphatic carbocycles. The summed E-state index contributed by atoms with van der Waals surface area (Å²) in [5, 5.41) is 3.20. The van der Waals surface area contributed by atoms with Gasteiger partial charge >= 0.3 is 0 Å². The van der Waals surface area contributed by atoms with E-state index in [1.54, 1.807) is 39.7 Å². The number of rotatable bonds is 8.